The summed E-state index contributed by atoms with van der Waals surface area (Å²) >= 11 is 0. The summed E-state index contributed by atoms with van der Waals surface area (Å²) in [7, 11) is 1.72. The molecule has 0 aliphatic carbocycles. The maximum absolute atomic E-state index is 5.51. The van der Waals surface area contributed by atoms with E-state index in [-0.39, 0.29) is 0 Å². The molecule has 3 aromatic rings. The summed E-state index contributed by atoms with van der Waals surface area (Å²) in [5, 5.41) is 2.46. The van der Waals surface area contributed by atoms with E-state index in [4.69, 9.17) is 4.74 Å². The highest BCUT2D eigenvalue weighted by molar-refractivity contribution is 5.99. The number of fused-ring (bicyclic) bond motifs is 1. The topological polar surface area (TPSA) is 9.23 Å². The third kappa shape index (κ3) is 1.74. The van der Waals surface area contributed by atoms with Crippen molar-refractivity contribution in [3.8, 4) is 16.9 Å². The fourth-order valence-corrected chi connectivity index (χ4v) is 2.32. The van der Waals surface area contributed by atoms with Crippen molar-refractivity contribution in [3.63, 3.8) is 0 Å². The van der Waals surface area contributed by atoms with Gasteiger partial charge in [0.1, 0.15) is 5.75 Å². The van der Waals surface area contributed by atoms with Crippen LogP contribution in [0.5, 0.6) is 5.75 Å². The van der Waals surface area contributed by atoms with Crippen molar-refractivity contribution < 1.29 is 4.74 Å². The van der Waals surface area contributed by atoms with Gasteiger partial charge < -0.3 is 4.74 Å². The van der Waals surface area contributed by atoms with Gasteiger partial charge in [0.25, 0.3) is 0 Å². The van der Waals surface area contributed by atoms with Gasteiger partial charge in [-0.2, -0.15) is 0 Å². The van der Waals surface area contributed by atoms with Crippen LogP contribution in [-0.2, 0) is 0 Å². The van der Waals surface area contributed by atoms with E-state index >= 15 is 0 Å². The molecule has 0 spiro atoms. The molecule has 0 amide bonds. The molecule has 0 unspecified atom stereocenters. The lowest BCUT2D eigenvalue weighted by molar-refractivity contribution is 0.417. The number of ether oxygens (including phenoxy) is 1. The molecule has 0 fully saturated rings. The zero-order valence-electron chi connectivity index (χ0n) is 10.3. The van der Waals surface area contributed by atoms with Crippen LogP contribution in [0.15, 0.2) is 66.7 Å². The summed E-state index contributed by atoms with van der Waals surface area (Å²) in [5.41, 5.74) is 2.35. The lowest BCUT2D eigenvalue weighted by atomic mass is 9.97. The molecule has 3 aromatic carbocycles. The molecule has 0 saturated carbocycles. The van der Waals surface area contributed by atoms with Crippen LogP contribution in [0, 0.1) is 0 Å². The smallest absolute Gasteiger partial charge is 0.127 e. The van der Waals surface area contributed by atoms with Gasteiger partial charge in [-0.3, -0.25) is 0 Å². The zero-order valence-corrected chi connectivity index (χ0v) is 10.3. The molecule has 0 bridgehead atoms. The first kappa shape index (κ1) is 10.8. The molecule has 0 saturated heterocycles. The maximum atomic E-state index is 5.51. The van der Waals surface area contributed by atoms with Crippen LogP contribution in [0.2, 0.25) is 0 Å². The summed E-state index contributed by atoms with van der Waals surface area (Å²) in [4.78, 5) is 0. The normalized spacial score (nSPS) is 10.5. The molecule has 1 nitrogen and oxygen atoms in total. The van der Waals surface area contributed by atoms with Crippen LogP contribution in [0.1, 0.15) is 0 Å². The van der Waals surface area contributed by atoms with Crippen LogP contribution >= 0.6 is 0 Å². The summed E-state index contributed by atoms with van der Waals surface area (Å²) < 4.78 is 5.51. The van der Waals surface area contributed by atoms with E-state index in [0.29, 0.717) is 0 Å². The largest absolute Gasteiger partial charge is 0.496 e. The minimum atomic E-state index is 0.917. The SMILES string of the molecule is COc1ccc2ccccc2c1-c1ccccc1. The van der Waals surface area contributed by atoms with E-state index in [1.54, 1.807) is 7.11 Å². The molecule has 0 heterocycles. The van der Waals surface area contributed by atoms with Crippen LogP contribution in [0.3, 0.4) is 0 Å². The second-order valence-electron chi connectivity index (χ2n) is 4.23. The van der Waals surface area contributed by atoms with E-state index in [1.165, 1.54) is 16.3 Å². The first-order chi connectivity index (χ1) is 8.90. The number of hydrogen-bond acceptors (Lipinski definition) is 1. The molecular weight excluding hydrogens is 220 g/mol. The minimum absolute atomic E-state index is 0.917. The third-order valence-electron chi connectivity index (χ3n) is 3.17. The predicted octanol–water partition coefficient (Wildman–Crippen LogP) is 4.52. The third-order valence-corrected chi connectivity index (χ3v) is 3.17. The first-order valence-electron chi connectivity index (χ1n) is 6.01. The van der Waals surface area contributed by atoms with Crippen molar-refractivity contribution in [2.75, 3.05) is 7.11 Å². The fraction of sp³-hybridized carbons (Fsp3) is 0.0588. The van der Waals surface area contributed by atoms with Crippen molar-refractivity contribution in [1.29, 1.82) is 0 Å². The van der Waals surface area contributed by atoms with Crippen LogP contribution < -0.4 is 4.74 Å². The van der Waals surface area contributed by atoms with Gasteiger partial charge in [0.05, 0.1) is 7.11 Å². The monoisotopic (exact) mass is 234 g/mol. The fourth-order valence-electron chi connectivity index (χ4n) is 2.32. The lowest BCUT2D eigenvalue weighted by Gasteiger charge is -2.12. The first-order valence-corrected chi connectivity index (χ1v) is 6.01. The quantitative estimate of drug-likeness (QED) is 0.633. The minimum Gasteiger partial charge on any atom is -0.496 e. The van der Waals surface area contributed by atoms with E-state index < -0.39 is 0 Å². The number of rotatable bonds is 2. The van der Waals surface area contributed by atoms with E-state index in [9.17, 15) is 0 Å². The molecule has 0 atom stereocenters. The second kappa shape index (κ2) is 4.53. The number of methoxy groups -OCH3 is 1. The van der Waals surface area contributed by atoms with Gasteiger partial charge in [-0.05, 0) is 22.4 Å². The van der Waals surface area contributed by atoms with Crippen LogP contribution in [-0.4, -0.2) is 7.11 Å². The second-order valence-corrected chi connectivity index (χ2v) is 4.23. The Bertz CT molecular complexity index is 672. The highest BCUT2D eigenvalue weighted by atomic mass is 16.5. The molecule has 0 aromatic heterocycles. The summed E-state index contributed by atoms with van der Waals surface area (Å²) in [5.74, 6) is 0.917. The molecule has 1 heteroatoms. The average molecular weight is 234 g/mol. The van der Waals surface area contributed by atoms with E-state index in [2.05, 4.69) is 54.6 Å². The van der Waals surface area contributed by atoms with Gasteiger partial charge in [0.15, 0.2) is 0 Å². The number of hydrogen-bond donors (Lipinski definition) is 0. The molecule has 18 heavy (non-hydrogen) atoms. The molecular formula is C17H14O. The van der Waals surface area contributed by atoms with Gasteiger partial charge in [-0.1, -0.05) is 60.7 Å². The molecule has 88 valence electrons. The molecule has 0 aliphatic heterocycles. The van der Waals surface area contributed by atoms with Gasteiger partial charge in [-0.15, -0.1) is 0 Å². The van der Waals surface area contributed by atoms with E-state index in [0.717, 1.165) is 11.3 Å². The molecule has 0 radical (unpaired) electrons. The Kier molecular flexibility index (Phi) is 2.73. The summed E-state index contributed by atoms with van der Waals surface area (Å²) in [6, 6.07) is 22.9. The predicted molar refractivity (Wildman–Crippen MR) is 75.9 cm³/mol. The van der Waals surface area contributed by atoms with Crippen molar-refractivity contribution in [2.24, 2.45) is 0 Å². The van der Waals surface area contributed by atoms with Crippen molar-refractivity contribution in [1.82, 2.24) is 0 Å². The Hall–Kier alpha value is -2.28. The van der Waals surface area contributed by atoms with Crippen molar-refractivity contribution in [2.45, 2.75) is 0 Å². The molecule has 0 N–H and O–H groups in total. The Morgan fingerprint density at radius 2 is 1.44 bits per heavy atom. The highest BCUT2D eigenvalue weighted by Gasteiger charge is 2.09. The highest BCUT2D eigenvalue weighted by Crippen LogP contribution is 2.36. The van der Waals surface area contributed by atoms with Gasteiger partial charge in [-0.25, -0.2) is 0 Å². The lowest BCUT2D eigenvalue weighted by Crippen LogP contribution is -1.89. The maximum Gasteiger partial charge on any atom is 0.127 e. The van der Waals surface area contributed by atoms with Gasteiger partial charge in [0.2, 0.25) is 0 Å². The molecule has 0 aliphatic rings. The van der Waals surface area contributed by atoms with Crippen molar-refractivity contribution >= 4 is 10.8 Å². The van der Waals surface area contributed by atoms with E-state index in [1.807, 2.05) is 12.1 Å². The van der Waals surface area contributed by atoms with Crippen molar-refractivity contribution in [3.05, 3.63) is 66.7 Å². The molecule has 3 rings (SSSR count). The van der Waals surface area contributed by atoms with Crippen LogP contribution in [0.25, 0.3) is 21.9 Å². The Morgan fingerprint density at radius 3 is 2.22 bits per heavy atom. The van der Waals surface area contributed by atoms with Crippen LogP contribution in [0.4, 0.5) is 0 Å². The average Bonchev–Trinajstić information content (AvgIpc) is 2.47. The Labute approximate surface area is 107 Å². The Morgan fingerprint density at radius 1 is 0.722 bits per heavy atom. The number of benzene rings is 3. The van der Waals surface area contributed by atoms with Gasteiger partial charge >= 0.3 is 0 Å². The Balaban J connectivity index is 2.38. The van der Waals surface area contributed by atoms with Gasteiger partial charge in [0, 0.05) is 5.56 Å². The summed E-state index contributed by atoms with van der Waals surface area (Å²) in [6.45, 7) is 0. The summed E-state index contributed by atoms with van der Waals surface area (Å²) in [6.07, 6.45) is 0. The zero-order chi connectivity index (χ0) is 12.4. The standard InChI is InChI=1S/C17H14O/c1-18-16-12-11-13-7-5-6-10-15(13)17(16)14-8-3-2-4-9-14/h2-12H,1H3.